The summed E-state index contributed by atoms with van der Waals surface area (Å²) in [7, 11) is -3.69. The topological polar surface area (TPSA) is 79.4 Å². The van der Waals surface area contributed by atoms with Crippen LogP contribution in [0.3, 0.4) is 0 Å². The van der Waals surface area contributed by atoms with Crippen molar-refractivity contribution >= 4 is 59.8 Å². The Hall–Kier alpha value is -1.81. The molecule has 1 atom stereocenters. The molecule has 1 aliphatic rings. The van der Waals surface area contributed by atoms with Gasteiger partial charge in [0.2, 0.25) is 5.91 Å². The van der Waals surface area contributed by atoms with E-state index in [2.05, 4.69) is 26.2 Å². The summed E-state index contributed by atoms with van der Waals surface area (Å²) >= 11 is 4.44. The van der Waals surface area contributed by atoms with Crippen LogP contribution in [-0.4, -0.2) is 36.2 Å². The van der Waals surface area contributed by atoms with E-state index in [1.54, 1.807) is 18.3 Å². The van der Waals surface area contributed by atoms with Crippen molar-refractivity contribution in [3.8, 4) is 0 Å². The quantitative estimate of drug-likeness (QED) is 0.634. The number of aromatic nitrogens is 1. The van der Waals surface area contributed by atoms with E-state index < -0.39 is 16.1 Å². The second kappa shape index (κ2) is 7.31. The maximum atomic E-state index is 12.9. The van der Waals surface area contributed by atoms with Gasteiger partial charge in [-0.05, 0) is 53.0 Å². The number of para-hydroxylation sites is 1. The Labute approximate surface area is 169 Å². The highest BCUT2D eigenvalue weighted by atomic mass is 79.9. The molecule has 0 radical (unpaired) electrons. The van der Waals surface area contributed by atoms with Gasteiger partial charge in [0.05, 0.1) is 21.2 Å². The Morgan fingerprint density at radius 1 is 1.26 bits per heavy atom. The zero-order valence-electron chi connectivity index (χ0n) is 14.1. The highest BCUT2D eigenvalue weighted by Crippen LogP contribution is 2.32. The molecule has 4 rings (SSSR count). The monoisotopic (exact) mass is 465 g/mol. The third kappa shape index (κ3) is 3.64. The molecule has 3 heterocycles. The van der Waals surface area contributed by atoms with E-state index >= 15 is 0 Å². The fourth-order valence-corrected chi connectivity index (χ4v) is 7.00. The summed E-state index contributed by atoms with van der Waals surface area (Å²) in [6.07, 6.45) is 2.74. The van der Waals surface area contributed by atoms with Crippen molar-refractivity contribution in [1.82, 2.24) is 9.29 Å². The van der Waals surface area contributed by atoms with Crippen LogP contribution in [0.2, 0.25) is 0 Å². The molecule has 0 bridgehead atoms. The van der Waals surface area contributed by atoms with Gasteiger partial charge in [0.1, 0.15) is 10.3 Å². The van der Waals surface area contributed by atoms with Gasteiger partial charge in [0.25, 0.3) is 10.0 Å². The molecule has 1 fully saturated rings. The lowest BCUT2D eigenvalue weighted by molar-refractivity contribution is -0.119. The Bertz CT molecular complexity index is 1110. The maximum absolute atomic E-state index is 12.9. The Morgan fingerprint density at radius 3 is 2.85 bits per heavy atom. The first-order valence-corrected chi connectivity index (χ1v) is 11.4. The van der Waals surface area contributed by atoms with Crippen LogP contribution in [0.4, 0.5) is 5.69 Å². The first-order chi connectivity index (χ1) is 12.9. The number of amides is 1. The molecule has 27 heavy (non-hydrogen) atoms. The average molecular weight is 466 g/mol. The molecule has 2 aromatic heterocycles. The van der Waals surface area contributed by atoms with Gasteiger partial charge in [-0.2, -0.15) is 4.31 Å². The largest absolute Gasteiger partial charge is 0.323 e. The number of anilines is 1. The van der Waals surface area contributed by atoms with Gasteiger partial charge >= 0.3 is 0 Å². The summed E-state index contributed by atoms with van der Waals surface area (Å²) in [5.74, 6) is -0.330. The van der Waals surface area contributed by atoms with Gasteiger partial charge in [0.15, 0.2) is 0 Å². The number of fused-ring (bicyclic) bond motifs is 1. The van der Waals surface area contributed by atoms with E-state index in [1.165, 1.54) is 4.31 Å². The lowest BCUT2D eigenvalue weighted by Crippen LogP contribution is -2.42. The zero-order chi connectivity index (χ0) is 19.0. The number of carbonyl (C=O) groups is 1. The van der Waals surface area contributed by atoms with E-state index in [0.717, 1.165) is 26.0 Å². The molecule has 0 spiro atoms. The van der Waals surface area contributed by atoms with E-state index in [4.69, 9.17) is 0 Å². The molecular formula is C18H16BrN3O3S2. The van der Waals surface area contributed by atoms with Gasteiger partial charge in [0, 0.05) is 11.9 Å². The van der Waals surface area contributed by atoms with Gasteiger partial charge < -0.3 is 5.32 Å². The molecular weight excluding hydrogens is 450 g/mol. The second-order valence-electron chi connectivity index (χ2n) is 6.24. The van der Waals surface area contributed by atoms with Crippen LogP contribution in [0.15, 0.2) is 56.7 Å². The van der Waals surface area contributed by atoms with E-state index in [0.29, 0.717) is 25.1 Å². The van der Waals surface area contributed by atoms with Crippen LogP contribution in [0.5, 0.6) is 0 Å². The Kier molecular flexibility index (Phi) is 5.02. The van der Waals surface area contributed by atoms with Gasteiger partial charge in [-0.1, -0.05) is 18.2 Å². The number of halogens is 1. The minimum absolute atomic E-state index is 0.237. The minimum atomic E-state index is -3.69. The van der Waals surface area contributed by atoms with Gasteiger partial charge in [-0.25, -0.2) is 8.42 Å². The number of pyridine rings is 1. The molecule has 0 unspecified atom stereocenters. The molecule has 0 aliphatic carbocycles. The number of carbonyl (C=O) groups excluding carboxylic acids is 1. The Morgan fingerprint density at radius 2 is 2.07 bits per heavy atom. The molecule has 3 aromatic rings. The summed E-state index contributed by atoms with van der Waals surface area (Å²) in [5.41, 5.74) is 1.39. The number of sulfonamides is 1. The standard InChI is InChI=1S/C18H16BrN3O3S2/c19-16-7-8-17(26-16)27(24,25)22-9-3-6-15(22)18(23)21-13-10-12-4-1-2-5-14(12)20-11-13/h1-2,4-5,7-8,10-11,15H,3,6,9H2,(H,21,23)/t15-/m0/s1. The molecule has 0 saturated carbocycles. The molecule has 1 N–H and O–H groups in total. The first kappa shape index (κ1) is 18.5. The number of hydrogen-bond donors (Lipinski definition) is 1. The van der Waals surface area contributed by atoms with Crippen LogP contribution in [-0.2, 0) is 14.8 Å². The molecule has 1 aliphatic heterocycles. The van der Waals surface area contributed by atoms with Gasteiger partial charge in [-0.15, -0.1) is 11.3 Å². The summed E-state index contributed by atoms with van der Waals surface area (Å²) in [5, 5.41) is 3.73. The van der Waals surface area contributed by atoms with E-state index in [1.807, 2.05) is 30.3 Å². The third-order valence-corrected chi connectivity index (χ3v) is 8.48. The first-order valence-electron chi connectivity index (χ1n) is 8.38. The molecule has 6 nitrogen and oxygen atoms in total. The highest BCUT2D eigenvalue weighted by molar-refractivity contribution is 9.11. The van der Waals surface area contributed by atoms with Crippen molar-refractivity contribution in [2.45, 2.75) is 23.1 Å². The molecule has 1 amide bonds. The van der Waals surface area contributed by atoms with E-state index in [9.17, 15) is 13.2 Å². The number of hydrogen-bond acceptors (Lipinski definition) is 5. The lowest BCUT2D eigenvalue weighted by Gasteiger charge is -2.22. The fourth-order valence-electron chi connectivity index (χ4n) is 3.21. The normalized spacial score (nSPS) is 18.0. The predicted octanol–water partition coefficient (Wildman–Crippen LogP) is 3.85. The van der Waals surface area contributed by atoms with Crippen molar-refractivity contribution < 1.29 is 13.2 Å². The van der Waals surface area contributed by atoms with Gasteiger partial charge in [-0.3, -0.25) is 9.78 Å². The van der Waals surface area contributed by atoms with Crippen LogP contribution in [0.1, 0.15) is 12.8 Å². The number of benzene rings is 1. The lowest BCUT2D eigenvalue weighted by atomic mass is 10.2. The van der Waals surface area contributed by atoms with Crippen LogP contribution >= 0.6 is 27.3 Å². The molecule has 1 aromatic carbocycles. The molecule has 140 valence electrons. The maximum Gasteiger partial charge on any atom is 0.253 e. The summed E-state index contributed by atoms with van der Waals surface area (Å²) in [6.45, 7) is 0.339. The number of thiophene rings is 1. The summed E-state index contributed by atoms with van der Waals surface area (Å²) in [4.78, 5) is 17.1. The summed E-state index contributed by atoms with van der Waals surface area (Å²) < 4.78 is 28.1. The van der Waals surface area contributed by atoms with Crippen molar-refractivity contribution in [2.75, 3.05) is 11.9 Å². The van der Waals surface area contributed by atoms with Crippen LogP contribution < -0.4 is 5.32 Å². The average Bonchev–Trinajstić information content (AvgIpc) is 3.31. The number of rotatable bonds is 4. The molecule has 9 heteroatoms. The highest BCUT2D eigenvalue weighted by Gasteiger charge is 2.40. The molecule has 1 saturated heterocycles. The smallest absolute Gasteiger partial charge is 0.253 e. The third-order valence-electron chi connectivity index (χ3n) is 4.48. The zero-order valence-corrected chi connectivity index (χ0v) is 17.4. The SMILES string of the molecule is O=C(Nc1cnc2ccccc2c1)[C@@H]1CCCN1S(=O)(=O)c1ccc(Br)s1. The van der Waals surface area contributed by atoms with E-state index in [-0.39, 0.29) is 10.1 Å². The van der Waals surface area contributed by atoms with Crippen LogP contribution in [0, 0.1) is 0 Å². The number of nitrogens with one attached hydrogen (secondary N) is 1. The fraction of sp³-hybridized carbons (Fsp3) is 0.222. The van der Waals surface area contributed by atoms with Crippen molar-refractivity contribution in [1.29, 1.82) is 0 Å². The van der Waals surface area contributed by atoms with Crippen molar-refractivity contribution in [3.05, 3.63) is 52.4 Å². The van der Waals surface area contributed by atoms with Crippen LogP contribution in [0.25, 0.3) is 10.9 Å². The number of nitrogens with zero attached hydrogens (tertiary/aromatic N) is 2. The summed E-state index contributed by atoms with van der Waals surface area (Å²) in [6, 6.07) is 12.0. The predicted molar refractivity (Wildman–Crippen MR) is 109 cm³/mol. The Balaban J connectivity index is 1.56. The minimum Gasteiger partial charge on any atom is -0.323 e. The van der Waals surface area contributed by atoms with Crippen molar-refractivity contribution in [3.63, 3.8) is 0 Å². The van der Waals surface area contributed by atoms with Crippen molar-refractivity contribution in [2.24, 2.45) is 0 Å². The second-order valence-corrected chi connectivity index (χ2v) is 10.8.